The standard InChI is InChI=1S/C26H26N4O2/c1-29(2)21(17-19-11-5-3-6-12-19)18-27-25(31)24-22-15-9-10-16-23(22)26(32)30(28-24)20-13-7-4-8-14-20/h3-16,21H,17-18H2,1-2H3,(H,27,31). The fourth-order valence-electron chi connectivity index (χ4n) is 3.72. The van der Waals surface area contributed by atoms with Crippen LogP contribution >= 0.6 is 0 Å². The minimum absolute atomic E-state index is 0.118. The molecule has 1 N–H and O–H groups in total. The van der Waals surface area contributed by atoms with Gasteiger partial charge in [-0.3, -0.25) is 9.59 Å². The summed E-state index contributed by atoms with van der Waals surface area (Å²) in [5, 5.41) is 8.50. The molecule has 0 aliphatic rings. The van der Waals surface area contributed by atoms with Crippen LogP contribution in [0.3, 0.4) is 0 Å². The Labute approximate surface area is 187 Å². The third-order valence-corrected chi connectivity index (χ3v) is 5.56. The second-order valence-electron chi connectivity index (χ2n) is 7.96. The lowest BCUT2D eigenvalue weighted by atomic mass is 10.0. The first-order valence-electron chi connectivity index (χ1n) is 10.6. The number of amides is 1. The highest BCUT2D eigenvalue weighted by molar-refractivity contribution is 6.04. The molecule has 1 atom stereocenters. The van der Waals surface area contributed by atoms with Crippen LogP contribution in [-0.2, 0) is 6.42 Å². The average molecular weight is 427 g/mol. The molecule has 0 radical (unpaired) electrons. The Bertz CT molecular complexity index is 1270. The summed E-state index contributed by atoms with van der Waals surface area (Å²) >= 11 is 0. The molecular formula is C26H26N4O2. The molecule has 32 heavy (non-hydrogen) atoms. The van der Waals surface area contributed by atoms with Gasteiger partial charge in [-0.25, -0.2) is 0 Å². The molecule has 3 aromatic carbocycles. The van der Waals surface area contributed by atoms with Crippen LogP contribution in [0.2, 0.25) is 0 Å². The van der Waals surface area contributed by atoms with E-state index in [-0.39, 0.29) is 23.2 Å². The summed E-state index contributed by atoms with van der Waals surface area (Å²) in [5.74, 6) is -0.300. The van der Waals surface area contributed by atoms with E-state index >= 15 is 0 Å². The molecule has 1 heterocycles. The molecule has 162 valence electrons. The molecule has 0 bridgehead atoms. The van der Waals surface area contributed by atoms with Gasteiger partial charge >= 0.3 is 0 Å². The van der Waals surface area contributed by atoms with Crippen LogP contribution < -0.4 is 10.9 Å². The number of likely N-dealkylation sites (N-methyl/N-ethyl adjacent to an activating group) is 1. The van der Waals surface area contributed by atoms with E-state index in [9.17, 15) is 9.59 Å². The van der Waals surface area contributed by atoms with Crippen molar-refractivity contribution in [2.75, 3.05) is 20.6 Å². The van der Waals surface area contributed by atoms with Gasteiger partial charge in [0.1, 0.15) is 0 Å². The molecule has 1 aromatic heterocycles. The smallest absolute Gasteiger partial charge is 0.279 e. The lowest BCUT2D eigenvalue weighted by molar-refractivity contribution is 0.0937. The summed E-state index contributed by atoms with van der Waals surface area (Å²) in [6, 6.07) is 26.6. The zero-order chi connectivity index (χ0) is 22.5. The van der Waals surface area contributed by atoms with E-state index in [1.165, 1.54) is 10.2 Å². The van der Waals surface area contributed by atoms with Crippen LogP contribution in [0.1, 0.15) is 16.1 Å². The van der Waals surface area contributed by atoms with Gasteiger partial charge in [-0.05, 0) is 44.3 Å². The number of carbonyl (C=O) groups excluding carboxylic acids is 1. The summed E-state index contributed by atoms with van der Waals surface area (Å²) in [6.07, 6.45) is 0.811. The largest absolute Gasteiger partial charge is 0.349 e. The van der Waals surface area contributed by atoms with Crippen molar-refractivity contribution in [2.24, 2.45) is 0 Å². The lowest BCUT2D eigenvalue weighted by Gasteiger charge is -2.25. The van der Waals surface area contributed by atoms with Gasteiger partial charge in [-0.1, -0.05) is 66.7 Å². The molecule has 1 amide bonds. The fourth-order valence-corrected chi connectivity index (χ4v) is 3.72. The van der Waals surface area contributed by atoms with Crippen LogP contribution in [0.5, 0.6) is 0 Å². The maximum Gasteiger partial charge on any atom is 0.279 e. The minimum Gasteiger partial charge on any atom is -0.349 e. The first-order chi connectivity index (χ1) is 15.5. The van der Waals surface area contributed by atoms with E-state index in [2.05, 4.69) is 27.4 Å². The summed E-state index contributed by atoms with van der Waals surface area (Å²) < 4.78 is 1.30. The molecule has 0 aliphatic carbocycles. The minimum atomic E-state index is -0.300. The second-order valence-corrected chi connectivity index (χ2v) is 7.96. The monoisotopic (exact) mass is 426 g/mol. The molecule has 4 aromatic rings. The van der Waals surface area contributed by atoms with Gasteiger partial charge in [-0.15, -0.1) is 0 Å². The average Bonchev–Trinajstić information content (AvgIpc) is 2.83. The first-order valence-corrected chi connectivity index (χ1v) is 10.6. The Morgan fingerprint density at radius 1 is 0.906 bits per heavy atom. The number of hydrogen-bond acceptors (Lipinski definition) is 4. The molecule has 0 saturated carbocycles. The highest BCUT2D eigenvalue weighted by Gasteiger charge is 2.19. The number of nitrogens with zero attached hydrogens (tertiary/aromatic N) is 3. The van der Waals surface area contributed by atoms with Gasteiger partial charge in [0.15, 0.2) is 5.69 Å². The zero-order valence-electron chi connectivity index (χ0n) is 18.2. The zero-order valence-corrected chi connectivity index (χ0v) is 18.2. The number of aromatic nitrogens is 2. The van der Waals surface area contributed by atoms with Crippen molar-refractivity contribution in [3.05, 3.63) is 107 Å². The maximum absolute atomic E-state index is 13.2. The molecule has 4 rings (SSSR count). The van der Waals surface area contributed by atoms with Gasteiger partial charge in [-0.2, -0.15) is 9.78 Å². The summed E-state index contributed by atoms with van der Waals surface area (Å²) in [6.45, 7) is 0.460. The van der Waals surface area contributed by atoms with Gasteiger partial charge in [0.2, 0.25) is 0 Å². The topological polar surface area (TPSA) is 67.2 Å². The summed E-state index contributed by atoms with van der Waals surface area (Å²) in [7, 11) is 4.01. The van der Waals surface area contributed by atoms with E-state index in [1.807, 2.05) is 56.6 Å². The highest BCUT2D eigenvalue weighted by atomic mass is 16.2. The summed E-state index contributed by atoms with van der Waals surface area (Å²) in [5.41, 5.74) is 1.81. The number of fused-ring (bicyclic) bond motifs is 1. The van der Waals surface area contributed by atoms with Crippen LogP contribution in [0.25, 0.3) is 16.5 Å². The normalized spacial score (nSPS) is 12.1. The van der Waals surface area contributed by atoms with Crippen LogP contribution in [0.15, 0.2) is 89.7 Å². The van der Waals surface area contributed by atoms with Gasteiger partial charge < -0.3 is 10.2 Å². The van der Waals surface area contributed by atoms with Gasteiger partial charge in [0.25, 0.3) is 11.5 Å². The van der Waals surface area contributed by atoms with Crippen LogP contribution in [0, 0.1) is 0 Å². The number of rotatable bonds is 7. The number of nitrogens with one attached hydrogen (secondary N) is 1. The first kappa shape index (κ1) is 21.5. The molecule has 6 heteroatoms. The van der Waals surface area contributed by atoms with Crippen molar-refractivity contribution >= 4 is 16.7 Å². The van der Waals surface area contributed by atoms with E-state index < -0.39 is 0 Å². The number of carbonyl (C=O) groups is 1. The van der Waals surface area contributed by atoms with Crippen molar-refractivity contribution in [3.63, 3.8) is 0 Å². The highest BCUT2D eigenvalue weighted by Crippen LogP contribution is 2.15. The lowest BCUT2D eigenvalue weighted by Crippen LogP contribution is -2.42. The SMILES string of the molecule is CN(C)C(CNC(=O)c1nn(-c2ccccc2)c(=O)c2ccccc12)Cc1ccccc1. The molecular weight excluding hydrogens is 400 g/mol. The quantitative estimate of drug-likeness (QED) is 0.493. The summed E-state index contributed by atoms with van der Waals surface area (Å²) in [4.78, 5) is 28.4. The number of para-hydroxylation sites is 1. The maximum atomic E-state index is 13.2. The van der Waals surface area contributed by atoms with Crippen molar-refractivity contribution in [1.29, 1.82) is 0 Å². The predicted molar refractivity (Wildman–Crippen MR) is 127 cm³/mol. The molecule has 1 unspecified atom stereocenters. The predicted octanol–water partition coefficient (Wildman–Crippen LogP) is 3.29. The molecule has 0 spiro atoms. The fraction of sp³-hybridized carbons (Fsp3) is 0.192. The molecule has 0 fully saturated rings. The Hall–Kier alpha value is -3.77. The van der Waals surface area contributed by atoms with Crippen molar-refractivity contribution in [2.45, 2.75) is 12.5 Å². The Kier molecular flexibility index (Phi) is 6.42. The molecule has 0 aliphatic heterocycles. The molecule has 6 nitrogen and oxygen atoms in total. The number of benzene rings is 3. The van der Waals surface area contributed by atoms with Crippen molar-refractivity contribution in [1.82, 2.24) is 20.0 Å². The van der Waals surface area contributed by atoms with Crippen molar-refractivity contribution < 1.29 is 4.79 Å². The number of hydrogen-bond donors (Lipinski definition) is 1. The third kappa shape index (κ3) is 4.60. The van der Waals surface area contributed by atoms with E-state index in [0.29, 0.717) is 23.0 Å². The van der Waals surface area contributed by atoms with Gasteiger partial charge in [0.05, 0.1) is 11.1 Å². The van der Waals surface area contributed by atoms with Crippen LogP contribution in [0.4, 0.5) is 0 Å². The Morgan fingerprint density at radius 2 is 1.50 bits per heavy atom. The van der Waals surface area contributed by atoms with Crippen LogP contribution in [-0.4, -0.2) is 47.3 Å². The Balaban J connectivity index is 1.64. The van der Waals surface area contributed by atoms with E-state index in [1.54, 1.807) is 30.3 Å². The second kappa shape index (κ2) is 9.58. The molecule has 0 saturated heterocycles. The van der Waals surface area contributed by atoms with E-state index in [4.69, 9.17) is 0 Å². The van der Waals surface area contributed by atoms with E-state index in [0.717, 1.165) is 6.42 Å². The Morgan fingerprint density at radius 3 is 2.16 bits per heavy atom. The van der Waals surface area contributed by atoms with Gasteiger partial charge in [0, 0.05) is 18.0 Å². The third-order valence-electron chi connectivity index (χ3n) is 5.56. The van der Waals surface area contributed by atoms with Crippen molar-refractivity contribution in [3.8, 4) is 5.69 Å².